The van der Waals surface area contributed by atoms with Crippen LogP contribution in [0.2, 0.25) is 0 Å². The molecule has 1 N–H and O–H groups in total. The fourth-order valence-electron chi connectivity index (χ4n) is 3.73. The van der Waals surface area contributed by atoms with E-state index in [1.54, 1.807) is 17.0 Å². The zero-order valence-electron chi connectivity index (χ0n) is 14.5. The van der Waals surface area contributed by atoms with Crippen LogP contribution in [0.3, 0.4) is 0 Å². The maximum atomic E-state index is 14.1. The van der Waals surface area contributed by atoms with Gasteiger partial charge in [-0.15, -0.1) is 0 Å². The summed E-state index contributed by atoms with van der Waals surface area (Å²) in [4.78, 5) is 15.7. The number of halogens is 4. The van der Waals surface area contributed by atoms with Crippen molar-refractivity contribution in [3.63, 3.8) is 0 Å². The van der Waals surface area contributed by atoms with Gasteiger partial charge in [0.15, 0.2) is 16.7 Å². The van der Waals surface area contributed by atoms with Crippen molar-refractivity contribution in [2.75, 3.05) is 25.0 Å². The smallest absolute Gasteiger partial charge is 0.242 e. The molecule has 2 aromatic carbocycles. The lowest BCUT2D eigenvalue weighted by Gasteiger charge is -2.45. The van der Waals surface area contributed by atoms with Gasteiger partial charge in [-0.05, 0) is 35.8 Å². The number of benzene rings is 2. The number of anilines is 1. The predicted molar refractivity (Wildman–Crippen MR) is 98.7 cm³/mol. The van der Waals surface area contributed by atoms with E-state index in [-0.39, 0.29) is 29.9 Å². The molecule has 0 aromatic heterocycles. The molecule has 9 heteroatoms. The molecule has 2 heterocycles. The minimum Gasteiger partial charge on any atom is -0.337 e. The van der Waals surface area contributed by atoms with Crippen LogP contribution in [-0.2, 0) is 11.2 Å². The van der Waals surface area contributed by atoms with Crippen molar-refractivity contribution in [3.8, 4) is 0 Å². The average molecular weight is 409 g/mol. The Labute approximate surface area is 163 Å². The van der Waals surface area contributed by atoms with Gasteiger partial charge in [-0.3, -0.25) is 4.79 Å². The summed E-state index contributed by atoms with van der Waals surface area (Å²) in [6, 6.07) is 5.39. The van der Waals surface area contributed by atoms with Gasteiger partial charge in [-0.1, -0.05) is 12.1 Å². The summed E-state index contributed by atoms with van der Waals surface area (Å²) >= 11 is 5.22. The molecule has 2 aliphatic heterocycles. The van der Waals surface area contributed by atoms with Crippen molar-refractivity contribution >= 4 is 28.9 Å². The molecular weight excluding hydrogens is 394 g/mol. The summed E-state index contributed by atoms with van der Waals surface area (Å²) in [5, 5.41) is 2.35. The molecule has 1 atom stereocenters. The number of nitrogens with zero attached hydrogens (tertiary/aromatic N) is 2. The fourth-order valence-corrected chi connectivity index (χ4v) is 3.97. The Bertz CT molecular complexity index is 961. The highest BCUT2D eigenvalue weighted by molar-refractivity contribution is 7.80. The van der Waals surface area contributed by atoms with E-state index >= 15 is 0 Å². The van der Waals surface area contributed by atoms with Crippen LogP contribution >= 0.6 is 12.2 Å². The molecule has 146 valence electrons. The minimum atomic E-state index is -1.13. The van der Waals surface area contributed by atoms with E-state index in [9.17, 15) is 22.4 Å². The van der Waals surface area contributed by atoms with Gasteiger partial charge in [0.2, 0.25) is 5.91 Å². The van der Waals surface area contributed by atoms with Gasteiger partial charge in [0.05, 0.1) is 12.6 Å². The van der Waals surface area contributed by atoms with E-state index in [0.717, 1.165) is 0 Å². The summed E-state index contributed by atoms with van der Waals surface area (Å²) in [5.41, 5.74) is 0.676. The fraction of sp³-hybridized carbons (Fsp3) is 0.263. The minimum absolute atomic E-state index is 0.0686. The maximum absolute atomic E-state index is 14.1. The normalized spacial score (nSPS) is 18.6. The number of nitrogens with one attached hydrogen (secondary N) is 1. The molecular formula is C19H15F4N3OS. The van der Waals surface area contributed by atoms with E-state index in [2.05, 4.69) is 5.32 Å². The number of fused-ring (bicyclic) bond motifs is 3. The topological polar surface area (TPSA) is 35.6 Å². The van der Waals surface area contributed by atoms with Crippen LogP contribution in [0.1, 0.15) is 17.2 Å². The third-order valence-electron chi connectivity index (χ3n) is 5.06. The molecule has 1 unspecified atom stereocenters. The van der Waals surface area contributed by atoms with Crippen molar-refractivity contribution < 1.29 is 22.4 Å². The first-order chi connectivity index (χ1) is 13.3. The highest BCUT2D eigenvalue weighted by Crippen LogP contribution is 2.34. The molecule has 4 nitrogen and oxygen atoms in total. The predicted octanol–water partition coefficient (Wildman–Crippen LogP) is 3.38. The molecule has 0 aliphatic carbocycles. The van der Waals surface area contributed by atoms with E-state index < -0.39 is 29.2 Å². The van der Waals surface area contributed by atoms with Crippen molar-refractivity contribution in [1.29, 1.82) is 0 Å². The molecule has 1 fully saturated rings. The summed E-state index contributed by atoms with van der Waals surface area (Å²) < 4.78 is 55.0. The molecule has 1 saturated heterocycles. The number of hydrogen-bond acceptors (Lipinski definition) is 2. The second-order valence-electron chi connectivity index (χ2n) is 6.72. The second kappa shape index (κ2) is 7.05. The van der Waals surface area contributed by atoms with Crippen LogP contribution in [0.4, 0.5) is 23.2 Å². The van der Waals surface area contributed by atoms with Crippen LogP contribution in [0.5, 0.6) is 0 Å². The molecule has 4 rings (SSSR count). The largest absolute Gasteiger partial charge is 0.337 e. The number of piperazine rings is 1. The van der Waals surface area contributed by atoms with Gasteiger partial charge >= 0.3 is 0 Å². The Morgan fingerprint density at radius 3 is 2.54 bits per heavy atom. The second-order valence-corrected chi connectivity index (χ2v) is 7.10. The number of carbonyl (C=O) groups is 1. The number of hydrogen-bond donors (Lipinski definition) is 1. The first-order valence-corrected chi connectivity index (χ1v) is 9.03. The summed E-state index contributed by atoms with van der Waals surface area (Å²) in [6.45, 7) is 0.572. The zero-order chi connectivity index (χ0) is 20.0. The van der Waals surface area contributed by atoms with Gasteiger partial charge < -0.3 is 15.1 Å². The Morgan fingerprint density at radius 1 is 1.11 bits per heavy atom. The average Bonchev–Trinajstić information content (AvgIpc) is 2.64. The molecule has 28 heavy (non-hydrogen) atoms. The number of carbonyl (C=O) groups excluding carboxylic acids is 1. The molecule has 2 aliphatic rings. The number of rotatable bonds is 1. The Kier molecular flexibility index (Phi) is 4.70. The lowest BCUT2D eigenvalue weighted by Crippen LogP contribution is -2.56. The van der Waals surface area contributed by atoms with E-state index in [1.807, 2.05) is 0 Å². The molecule has 1 amide bonds. The van der Waals surface area contributed by atoms with Gasteiger partial charge in [0, 0.05) is 25.2 Å². The summed E-state index contributed by atoms with van der Waals surface area (Å²) in [5.74, 6) is -3.84. The first kappa shape index (κ1) is 18.7. The van der Waals surface area contributed by atoms with E-state index in [1.165, 1.54) is 11.0 Å². The van der Waals surface area contributed by atoms with E-state index in [4.69, 9.17) is 12.2 Å². The highest BCUT2D eigenvalue weighted by atomic mass is 32.1. The van der Waals surface area contributed by atoms with Crippen LogP contribution in [0, 0.1) is 23.3 Å². The highest BCUT2D eigenvalue weighted by Gasteiger charge is 2.38. The molecule has 0 bridgehead atoms. The lowest BCUT2D eigenvalue weighted by molar-refractivity contribution is -0.138. The van der Waals surface area contributed by atoms with Crippen LogP contribution in [-0.4, -0.2) is 40.5 Å². The van der Waals surface area contributed by atoms with Crippen molar-refractivity contribution in [1.82, 2.24) is 9.80 Å². The molecule has 0 radical (unpaired) electrons. The van der Waals surface area contributed by atoms with Gasteiger partial charge in [0.1, 0.15) is 17.3 Å². The number of thiocarbonyl (C=S) groups is 1. The van der Waals surface area contributed by atoms with Crippen LogP contribution in [0.25, 0.3) is 0 Å². The molecule has 0 saturated carbocycles. The SMILES string of the molecule is O=C1CN(C(=S)Nc2c(F)cc(F)cc2F)CC2c3cccc(F)c3CCN12. The standard InChI is InChI=1S/C19H15F4N3OS/c20-10-6-14(22)18(15(23)7-10)24-19(28)25-8-16-12-2-1-3-13(21)11(12)4-5-26(16)17(27)9-25/h1-3,6-7,16H,4-5,8-9H2,(H,24,28). The Hall–Kier alpha value is -2.68. The van der Waals surface area contributed by atoms with E-state index in [0.29, 0.717) is 36.2 Å². The first-order valence-electron chi connectivity index (χ1n) is 8.62. The van der Waals surface area contributed by atoms with Crippen molar-refractivity contribution in [2.24, 2.45) is 0 Å². The molecule has 0 spiro atoms. The zero-order valence-corrected chi connectivity index (χ0v) is 15.3. The van der Waals surface area contributed by atoms with Crippen LogP contribution in [0.15, 0.2) is 30.3 Å². The monoisotopic (exact) mass is 409 g/mol. The quantitative estimate of drug-likeness (QED) is 0.579. The third kappa shape index (κ3) is 3.19. The van der Waals surface area contributed by atoms with Crippen LogP contribution < -0.4 is 5.32 Å². The Morgan fingerprint density at radius 2 is 1.82 bits per heavy atom. The number of amides is 1. The van der Waals surface area contributed by atoms with Gasteiger partial charge in [-0.25, -0.2) is 17.6 Å². The van der Waals surface area contributed by atoms with Crippen molar-refractivity contribution in [2.45, 2.75) is 12.5 Å². The lowest BCUT2D eigenvalue weighted by atomic mass is 9.90. The maximum Gasteiger partial charge on any atom is 0.242 e. The van der Waals surface area contributed by atoms with Crippen molar-refractivity contribution in [3.05, 3.63) is 64.7 Å². The summed E-state index contributed by atoms with van der Waals surface area (Å²) in [6.07, 6.45) is 0.430. The summed E-state index contributed by atoms with van der Waals surface area (Å²) in [7, 11) is 0. The van der Waals surface area contributed by atoms with Gasteiger partial charge in [0.25, 0.3) is 0 Å². The third-order valence-corrected chi connectivity index (χ3v) is 5.42. The molecule has 2 aromatic rings. The Balaban J connectivity index is 1.59. The van der Waals surface area contributed by atoms with Gasteiger partial charge in [-0.2, -0.15) is 0 Å².